The van der Waals surface area contributed by atoms with Gasteiger partial charge in [-0.05, 0) is 29.8 Å². The number of benzene rings is 2. The largest absolute Gasteiger partial charge is 0.416 e. The molecule has 28 heavy (non-hydrogen) atoms. The zero-order valence-electron chi connectivity index (χ0n) is 14.4. The fraction of sp³-hybridized carbons (Fsp3) is 0.176. The second-order valence-corrected chi connectivity index (χ2v) is 7.54. The van der Waals surface area contributed by atoms with Crippen LogP contribution >= 0.6 is 0 Å². The highest BCUT2D eigenvalue weighted by atomic mass is 32.2. The summed E-state index contributed by atoms with van der Waals surface area (Å²) in [5.74, 6) is -1.75. The first kappa shape index (κ1) is 21.4. The Morgan fingerprint density at radius 2 is 1.86 bits per heavy atom. The van der Waals surface area contributed by atoms with Gasteiger partial charge in [0.05, 0.1) is 23.7 Å². The molecule has 0 unspecified atom stereocenters. The van der Waals surface area contributed by atoms with Gasteiger partial charge in [0.25, 0.3) is 5.91 Å². The molecule has 0 aliphatic rings. The maximum absolute atomic E-state index is 13.9. The lowest BCUT2D eigenvalue weighted by Crippen LogP contribution is -2.39. The maximum Gasteiger partial charge on any atom is 0.416 e. The molecular formula is C17H15F4N3O3S. The van der Waals surface area contributed by atoms with Gasteiger partial charge >= 0.3 is 6.18 Å². The summed E-state index contributed by atoms with van der Waals surface area (Å²) >= 11 is 0. The number of amides is 1. The summed E-state index contributed by atoms with van der Waals surface area (Å²) in [5.41, 5.74) is 0.874. The number of carbonyl (C=O) groups is 1. The number of sulfonamides is 1. The zero-order chi connectivity index (χ0) is 20.9. The summed E-state index contributed by atoms with van der Waals surface area (Å²) in [6.07, 6.45) is -2.75. The van der Waals surface area contributed by atoms with E-state index in [1.807, 2.05) is 5.43 Å². The minimum atomic E-state index is -4.52. The summed E-state index contributed by atoms with van der Waals surface area (Å²) in [6.45, 7) is -0.764. The van der Waals surface area contributed by atoms with Crippen LogP contribution in [0.3, 0.4) is 0 Å². The van der Waals surface area contributed by atoms with Crippen molar-refractivity contribution in [3.05, 3.63) is 65.5 Å². The molecule has 0 fully saturated rings. The third kappa shape index (κ3) is 5.78. The molecule has 0 saturated heterocycles. The lowest BCUT2D eigenvalue weighted by Gasteiger charge is -2.21. The van der Waals surface area contributed by atoms with Crippen molar-refractivity contribution in [1.29, 1.82) is 0 Å². The number of hydrogen-bond donors (Lipinski definition) is 1. The van der Waals surface area contributed by atoms with Crippen LogP contribution in [0.1, 0.15) is 11.1 Å². The molecule has 2 aromatic carbocycles. The van der Waals surface area contributed by atoms with Gasteiger partial charge in [-0.25, -0.2) is 18.2 Å². The summed E-state index contributed by atoms with van der Waals surface area (Å²) in [5, 5.41) is 3.51. The number of alkyl halides is 3. The van der Waals surface area contributed by atoms with E-state index in [0.717, 1.165) is 30.7 Å². The Bertz CT molecular complexity index is 991. The van der Waals surface area contributed by atoms with Crippen molar-refractivity contribution in [2.75, 3.05) is 17.1 Å². The van der Waals surface area contributed by atoms with Crippen LogP contribution in [0.5, 0.6) is 0 Å². The van der Waals surface area contributed by atoms with Crippen LogP contribution in [0, 0.1) is 5.82 Å². The Labute approximate surface area is 158 Å². The van der Waals surface area contributed by atoms with Gasteiger partial charge in [0.1, 0.15) is 12.4 Å². The molecule has 1 amide bonds. The first-order valence-corrected chi connectivity index (χ1v) is 9.55. The monoisotopic (exact) mass is 417 g/mol. The van der Waals surface area contributed by atoms with Gasteiger partial charge in [0.2, 0.25) is 10.0 Å². The summed E-state index contributed by atoms with van der Waals surface area (Å²) < 4.78 is 76.2. The van der Waals surface area contributed by atoms with Crippen molar-refractivity contribution in [3.63, 3.8) is 0 Å². The highest BCUT2D eigenvalue weighted by molar-refractivity contribution is 7.92. The van der Waals surface area contributed by atoms with Crippen molar-refractivity contribution in [2.45, 2.75) is 6.18 Å². The van der Waals surface area contributed by atoms with Crippen LogP contribution in [0.15, 0.2) is 53.6 Å². The van der Waals surface area contributed by atoms with Crippen molar-refractivity contribution in [3.8, 4) is 0 Å². The molecule has 0 heterocycles. The number of nitrogens with one attached hydrogen (secondary N) is 1. The van der Waals surface area contributed by atoms with Crippen LogP contribution < -0.4 is 9.73 Å². The van der Waals surface area contributed by atoms with Crippen LogP contribution in [0.25, 0.3) is 0 Å². The number of para-hydroxylation sites is 1. The van der Waals surface area contributed by atoms with E-state index in [0.29, 0.717) is 4.31 Å². The topological polar surface area (TPSA) is 78.8 Å². The van der Waals surface area contributed by atoms with Crippen LogP contribution in [0.2, 0.25) is 0 Å². The predicted octanol–water partition coefficient (Wildman–Crippen LogP) is 2.76. The van der Waals surface area contributed by atoms with Crippen LogP contribution in [0.4, 0.5) is 23.2 Å². The Kier molecular flexibility index (Phi) is 6.39. The van der Waals surface area contributed by atoms with E-state index in [-0.39, 0.29) is 11.3 Å². The van der Waals surface area contributed by atoms with Gasteiger partial charge in [-0.1, -0.05) is 24.3 Å². The highest BCUT2D eigenvalue weighted by Crippen LogP contribution is 2.29. The standard InChI is InChI=1S/C17H15F4N3O3S/c1-28(26,27)24(15-8-3-2-7-14(15)18)11-16(25)23-22-10-12-5-4-6-13(9-12)17(19,20)21/h2-10H,11H2,1H3,(H,23,25)/b22-10-. The Morgan fingerprint density at radius 3 is 2.46 bits per heavy atom. The number of halogens is 4. The van der Waals surface area contributed by atoms with Gasteiger partial charge in [0.15, 0.2) is 0 Å². The molecule has 0 spiro atoms. The molecule has 150 valence electrons. The molecule has 2 rings (SSSR count). The minimum absolute atomic E-state index is 0.0733. The molecule has 0 radical (unpaired) electrons. The molecule has 0 aliphatic carbocycles. The lowest BCUT2D eigenvalue weighted by atomic mass is 10.1. The third-order valence-corrected chi connectivity index (χ3v) is 4.55. The molecule has 0 bridgehead atoms. The number of hydrazone groups is 1. The molecule has 11 heteroatoms. The Morgan fingerprint density at radius 1 is 1.18 bits per heavy atom. The predicted molar refractivity (Wildman–Crippen MR) is 95.8 cm³/mol. The maximum atomic E-state index is 13.9. The van der Waals surface area contributed by atoms with Crippen molar-refractivity contribution in [2.24, 2.45) is 5.10 Å². The first-order chi connectivity index (χ1) is 13.0. The van der Waals surface area contributed by atoms with Crippen molar-refractivity contribution >= 4 is 27.8 Å². The molecule has 0 atom stereocenters. The van der Waals surface area contributed by atoms with E-state index in [1.165, 1.54) is 30.3 Å². The van der Waals surface area contributed by atoms with Crippen molar-refractivity contribution < 1.29 is 30.8 Å². The number of nitrogens with zero attached hydrogens (tertiary/aromatic N) is 2. The molecule has 6 nitrogen and oxygen atoms in total. The molecule has 2 aromatic rings. The third-order valence-electron chi connectivity index (χ3n) is 3.43. The summed E-state index contributed by atoms with van der Waals surface area (Å²) in [7, 11) is -3.98. The van der Waals surface area contributed by atoms with Crippen LogP contribution in [-0.2, 0) is 21.0 Å². The van der Waals surface area contributed by atoms with Gasteiger partial charge in [-0.3, -0.25) is 9.10 Å². The first-order valence-electron chi connectivity index (χ1n) is 7.70. The molecule has 0 saturated carbocycles. The lowest BCUT2D eigenvalue weighted by molar-refractivity contribution is -0.137. The number of anilines is 1. The minimum Gasteiger partial charge on any atom is -0.271 e. The second kappa shape index (κ2) is 8.38. The molecule has 0 aliphatic heterocycles. The molecule has 0 aromatic heterocycles. The van der Waals surface area contributed by atoms with E-state index >= 15 is 0 Å². The highest BCUT2D eigenvalue weighted by Gasteiger charge is 2.30. The van der Waals surface area contributed by atoms with Gasteiger partial charge < -0.3 is 0 Å². The quantitative estimate of drug-likeness (QED) is 0.446. The van der Waals surface area contributed by atoms with E-state index in [9.17, 15) is 30.8 Å². The van der Waals surface area contributed by atoms with Gasteiger partial charge in [0, 0.05) is 0 Å². The number of hydrogen-bond acceptors (Lipinski definition) is 4. The molecule has 1 N–H and O–H groups in total. The fourth-order valence-electron chi connectivity index (χ4n) is 2.17. The summed E-state index contributed by atoms with van der Waals surface area (Å²) in [4.78, 5) is 12.0. The average Bonchev–Trinajstić information content (AvgIpc) is 2.59. The van der Waals surface area contributed by atoms with E-state index in [1.54, 1.807) is 0 Å². The Hall–Kier alpha value is -2.95. The molecular weight excluding hydrogens is 402 g/mol. The van der Waals surface area contributed by atoms with Gasteiger partial charge in [-0.15, -0.1) is 0 Å². The summed E-state index contributed by atoms with van der Waals surface area (Å²) in [6, 6.07) is 9.22. The van der Waals surface area contributed by atoms with E-state index in [4.69, 9.17) is 0 Å². The number of rotatable bonds is 6. The zero-order valence-corrected chi connectivity index (χ0v) is 15.3. The fourth-order valence-corrected chi connectivity index (χ4v) is 3.03. The second-order valence-electron chi connectivity index (χ2n) is 5.64. The van der Waals surface area contributed by atoms with E-state index < -0.39 is 40.0 Å². The smallest absolute Gasteiger partial charge is 0.271 e. The average molecular weight is 417 g/mol. The normalized spacial score (nSPS) is 12.2. The van der Waals surface area contributed by atoms with Gasteiger partial charge in [-0.2, -0.15) is 18.3 Å². The SMILES string of the molecule is CS(=O)(=O)N(CC(=O)N/N=C\c1cccc(C(F)(F)F)c1)c1ccccc1F. The Balaban J connectivity index is 2.10. The van der Waals surface area contributed by atoms with E-state index in [2.05, 4.69) is 5.10 Å². The number of carbonyl (C=O) groups excluding carboxylic acids is 1. The van der Waals surface area contributed by atoms with Crippen LogP contribution in [-0.4, -0.2) is 33.3 Å². The van der Waals surface area contributed by atoms with Crippen molar-refractivity contribution in [1.82, 2.24) is 5.43 Å².